The number of aryl methyl sites for hydroxylation is 1. The van der Waals surface area contributed by atoms with Crippen molar-refractivity contribution in [1.29, 1.82) is 0 Å². The Morgan fingerprint density at radius 2 is 1.94 bits per heavy atom. The topological polar surface area (TPSA) is 122 Å². The summed E-state index contributed by atoms with van der Waals surface area (Å²) in [6, 6.07) is 8.49. The van der Waals surface area contributed by atoms with E-state index in [9.17, 15) is 19.2 Å². The number of benzene rings is 1. The van der Waals surface area contributed by atoms with Crippen LogP contribution >= 0.6 is 35.1 Å². The molecule has 2 aromatic rings. The van der Waals surface area contributed by atoms with Gasteiger partial charge in [0.15, 0.2) is 5.82 Å². The van der Waals surface area contributed by atoms with Gasteiger partial charge in [0.05, 0.1) is 16.4 Å². The van der Waals surface area contributed by atoms with E-state index in [2.05, 4.69) is 15.8 Å². The second-order valence-corrected chi connectivity index (χ2v) is 9.01. The van der Waals surface area contributed by atoms with E-state index in [1.807, 2.05) is 0 Å². The first kappa shape index (κ1) is 23.9. The molecule has 1 aromatic heterocycles. The number of carbonyl (C=O) groups excluding carboxylic acids is 4. The van der Waals surface area contributed by atoms with E-state index < -0.39 is 11.1 Å². The average molecular weight is 495 g/mol. The van der Waals surface area contributed by atoms with Crippen molar-refractivity contribution in [2.75, 3.05) is 29.9 Å². The van der Waals surface area contributed by atoms with Gasteiger partial charge in [-0.2, -0.15) is 0 Å². The molecular formula is C20H19ClN4O5S2. The summed E-state index contributed by atoms with van der Waals surface area (Å²) in [5.41, 5.74) is 0.757. The summed E-state index contributed by atoms with van der Waals surface area (Å²) in [4.78, 5) is 49.8. The van der Waals surface area contributed by atoms with E-state index in [4.69, 9.17) is 16.1 Å². The molecule has 2 heterocycles. The van der Waals surface area contributed by atoms with Gasteiger partial charge < -0.3 is 15.2 Å². The lowest BCUT2D eigenvalue weighted by Gasteiger charge is -2.12. The van der Waals surface area contributed by atoms with Crippen LogP contribution in [0.4, 0.5) is 10.6 Å². The molecule has 0 bridgehead atoms. The maximum atomic E-state index is 12.5. The second kappa shape index (κ2) is 11.2. The van der Waals surface area contributed by atoms with E-state index in [1.165, 1.54) is 0 Å². The number of halogens is 1. The van der Waals surface area contributed by atoms with Crippen LogP contribution in [-0.2, 0) is 14.4 Å². The molecule has 1 saturated heterocycles. The Morgan fingerprint density at radius 1 is 1.22 bits per heavy atom. The Labute approximate surface area is 197 Å². The summed E-state index contributed by atoms with van der Waals surface area (Å²) in [6.07, 6.45) is 1.63. The number of carbonyl (C=O) groups is 4. The molecule has 2 N–H and O–H groups in total. The Morgan fingerprint density at radius 3 is 2.62 bits per heavy atom. The van der Waals surface area contributed by atoms with Crippen LogP contribution in [0.5, 0.6) is 0 Å². The second-order valence-electron chi connectivity index (χ2n) is 6.60. The van der Waals surface area contributed by atoms with Crippen LogP contribution in [0.1, 0.15) is 11.3 Å². The van der Waals surface area contributed by atoms with Gasteiger partial charge in [-0.1, -0.05) is 28.9 Å². The zero-order valence-corrected chi connectivity index (χ0v) is 19.3. The Kier molecular flexibility index (Phi) is 8.37. The first-order valence-corrected chi connectivity index (χ1v) is 11.8. The predicted molar refractivity (Wildman–Crippen MR) is 124 cm³/mol. The molecule has 0 aliphatic carbocycles. The number of hydrogen-bond acceptors (Lipinski definition) is 8. The van der Waals surface area contributed by atoms with E-state index >= 15 is 0 Å². The summed E-state index contributed by atoms with van der Waals surface area (Å²) in [5.74, 6) is 0.0123. The summed E-state index contributed by atoms with van der Waals surface area (Å²) < 4.78 is 4.85. The minimum absolute atomic E-state index is 0.0592. The number of amides is 4. The quantitative estimate of drug-likeness (QED) is 0.510. The normalized spacial score (nSPS) is 14.8. The highest BCUT2D eigenvalue weighted by Crippen LogP contribution is 2.32. The van der Waals surface area contributed by atoms with Crippen LogP contribution in [-0.4, -0.2) is 57.6 Å². The van der Waals surface area contributed by atoms with Gasteiger partial charge in [-0.3, -0.25) is 24.1 Å². The summed E-state index contributed by atoms with van der Waals surface area (Å²) in [6.45, 7) is 1.89. The van der Waals surface area contributed by atoms with Gasteiger partial charge in [0, 0.05) is 24.2 Å². The fourth-order valence-electron chi connectivity index (χ4n) is 2.60. The SMILES string of the molecule is Cc1cc(NC(=O)CSCC(=O)NCCN2C(=O)S/C(=C\c3ccc(Cl)cc3)C2=O)no1. The number of imide groups is 1. The molecule has 32 heavy (non-hydrogen) atoms. The monoisotopic (exact) mass is 494 g/mol. The predicted octanol–water partition coefficient (Wildman–Crippen LogP) is 3.16. The molecule has 0 spiro atoms. The summed E-state index contributed by atoms with van der Waals surface area (Å²) in [5, 5.41) is 9.04. The fraction of sp³-hybridized carbons (Fsp3) is 0.250. The Bertz CT molecular complexity index is 1050. The molecule has 0 saturated carbocycles. The molecule has 168 valence electrons. The van der Waals surface area contributed by atoms with Crippen molar-refractivity contribution in [1.82, 2.24) is 15.4 Å². The number of hydrogen-bond donors (Lipinski definition) is 2. The molecule has 4 amide bonds. The largest absolute Gasteiger partial charge is 0.360 e. The lowest BCUT2D eigenvalue weighted by molar-refractivity contribution is -0.123. The first-order chi connectivity index (χ1) is 15.3. The molecule has 3 rings (SSSR count). The smallest absolute Gasteiger partial charge is 0.293 e. The van der Waals surface area contributed by atoms with Crippen molar-refractivity contribution in [2.45, 2.75) is 6.92 Å². The molecule has 0 atom stereocenters. The van der Waals surface area contributed by atoms with Crippen molar-refractivity contribution in [3.05, 3.63) is 51.6 Å². The molecule has 0 radical (unpaired) electrons. The zero-order chi connectivity index (χ0) is 23.1. The zero-order valence-electron chi connectivity index (χ0n) is 16.9. The number of aromatic nitrogens is 1. The van der Waals surface area contributed by atoms with Crippen molar-refractivity contribution in [2.24, 2.45) is 0 Å². The number of thioether (sulfide) groups is 2. The van der Waals surface area contributed by atoms with Crippen molar-refractivity contribution < 1.29 is 23.7 Å². The summed E-state index contributed by atoms with van der Waals surface area (Å²) >= 11 is 7.83. The van der Waals surface area contributed by atoms with E-state index in [1.54, 1.807) is 43.3 Å². The fourth-order valence-corrected chi connectivity index (χ4v) is 4.24. The number of rotatable bonds is 9. The van der Waals surface area contributed by atoms with E-state index in [-0.39, 0.29) is 36.4 Å². The van der Waals surface area contributed by atoms with Crippen LogP contribution in [0, 0.1) is 6.92 Å². The van der Waals surface area contributed by atoms with Gasteiger partial charge >= 0.3 is 0 Å². The number of anilines is 1. The number of nitrogens with zero attached hydrogens (tertiary/aromatic N) is 2. The third kappa shape index (κ3) is 6.87. The van der Waals surface area contributed by atoms with E-state index in [0.29, 0.717) is 21.5 Å². The first-order valence-electron chi connectivity index (χ1n) is 9.40. The maximum Gasteiger partial charge on any atom is 0.293 e. The van der Waals surface area contributed by atoms with Crippen LogP contribution in [0.25, 0.3) is 6.08 Å². The lowest BCUT2D eigenvalue weighted by Crippen LogP contribution is -2.37. The Balaban J connectivity index is 1.37. The van der Waals surface area contributed by atoms with Gasteiger partial charge in [0.1, 0.15) is 5.76 Å². The van der Waals surface area contributed by atoms with Gasteiger partial charge in [0.2, 0.25) is 11.8 Å². The highest BCUT2D eigenvalue weighted by molar-refractivity contribution is 8.18. The highest BCUT2D eigenvalue weighted by Gasteiger charge is 2.34. The van der Waals surface area contributed by atoms with Crippen LogP contribution in [0.15, 0.2) is 39.8 Å². The lowest BCUT2D eigenvalue weighted by atomic mass is 10.2. The summed E-state index contributed by atoms with van der Waals surface area (Å²) in [7, 11) is 0. The minimum atomic E-state index is -0.404. The highest BCUT2D eigenvalue weighted by atomic mass is 35.5. The molecule has 9 nitrogen and oxygen atoms in total. The third-order valence-corrected chi connectivity index (χ3v) is 6.15. The maximum absolute atomic E-state index is 12.5. The van der Waals surface area contributed by atoms with Crippen molar-refractivity contribution in [3.8, 4) is 0 Å². The van der Waals surface area contributed by atoms with Crippen LogP contribution < -0.4 is 10.6 Å². The van der Waals surface area contributed by atoms with Gasteiger partial charge in [0.25, 0.3) is 11.1 Å². The molecular weight excluding hydrogens is 476 g/mol. The molecule has 1 aromatic carbocycles. The van der Waals surface area contributed by atoms with Crippen molar-refractivity contribution in [3.63, 3.8) is 0 Å². The molecule has 1 aliphatic heterocycles. The molecule has 0 unspecified atom stereocenters. The van der Waals surface area contributed by atoms with Crippen LogP contribution in [0.2, 0.25) is 5.02 Å². The van der Waals surface area contributed by atoms with Gasteiger partial charge in [-0.05, 0) is 42.5 Å². The van der Waals surface area contributed by atoms with E-state index in [0.717, 1.165) is 34.0 Å². The number of nitrogens with one attached hydrogen (secondary N) is 2. The van der Waals surface area contributed by atoms with Crippen LogP contribution in [0.3, 0.4) is 0 Å². The van der Waals surface area contributed by atoms with Crippen molar-refractivity contribution >= 4 is 70.0 Å². The minimum Gasteiger partial charge on any atom is -0.360 e. The van der Waals surface area contributed by atoms with Gasteiger partial charge in [-0.15, -0.1) is 11.8 Å². The molecule has 1 aliphatic rings. The Hall–Kier alpha value is -2.76. The third-order valence-electron chi connectivity index (χ3n) is 4.06. The standard InChI is InChI=1S/C20H19ClN4O5S2/c1-12-8-16(24-30-12)23-18(27)11-31-10-17(26)22-6-7-25-19(28)15(32-20(25)29)9-13-2-4-14(21)5-3-13/h2-5,8-9H,6-7,10-11H2,1H3,(H,22,26)(H,23,24,27)/b15-9-. The average Bonchev–Trinajstić information content (AvgIpc) is 3.26. The molecule has 1 fully saturated rings. The molecule has 12 heteroatoms. The van der Waals surface area contributed by atoms with Gasteiger partial charge in [-0.25, -0.2) is 0 Å².